The molecule has 0 N–H and O–H groups in total. The second-order valence-corrected chi connectivity index (χ2v) is 6.92. The Kier molecular flexibility index (Phi) is 7.50. The van der Waals surface area contributed by atoms with Gasteiger partial charge in [0.05, 0.1) is 25.5 Å². The van der Waals surface area contributed by atoms with Crippen LogP contribution in [0.3, 0.4) is 0 Å². The van der Waals surface area contributed by atoms with Crippen LogP contribution in [0.2, 0.25) is 0 Å². The molecular formula is C23H29N3O3. The number of piperidine rings is 1. The van der Waals surface area contributed by atoms with Crippen molar-refractivity contribution in [2.24, 2.45) is 0 Å². The van der Waals surface area contributed by atoms with Gasteiger partial charge >= 0.3 is 0 Å². The van der Waals surface area contributed by atoms with Gasteiger partial charge in [-0.3, -0.25) is 0 Å². The Morgan fingerprint density at radius 3 is 2.86 bits per heavy atom. The Morgan fingerprint density at radius 1 is 1.17 bits per heavy atom. The van der Waals surface area contributed by atoms with Gasteiger partial charge in [-0.2, -0.15) is 0 Å². The lowest BCUT2D eigenvalue weighted by atomic mass is 10.1. The summed E-state index contributed by atoms with van der Waals surface area (Å²) >= 11 is 0. The topological polar surface area (TPSA) is 56.7 Å². The van der Waals surface area contributed by atoms with Gasteiger partial charge in [0, 0.05) is 24.5 Å². The van der Waals surface area contributed by atoms with Crippen LogP contribution in [-0.2, 0) is 4.74 Å². The third-order valence-corrected chi connectivity index (χ3v) is 4.79. The predicted octanol–water partition coefficient (Wildman–Crippen LogP) is 4.67. The Morgan fingerprint density at radius 2 is 2.07 bits per heavy atom. The van der Waals surface area contributed by atoms with Crippen LogP contribution < -0.4 is 14.4 Å². The van der Waals surface area contributed by atoms with Gasteiger partial charge in [-0.1, -0.05) is 18.7 Å². The van der Waals surface area contributed by atoms with Gasteiger partial charge in [0.25, 0.3) is 0 Å². The number of fused-ring (bicyclic) bond motifs is 1. The van der Waals surface area contributed by atoms with E-state index in [0.29, 0.717) is 24.7 Å². The number of hydrogen-bond acceptors (Lipinski definition) is 6. The normalized spacial score (nSPS) is 15.3. The number of ether oxygens (including phenoxy) is 3. The molecule has 6 heteroatoms. The Bertz CT molecular complexity index is 879. The third-order valence-electron chi connectivity index (χ3n) is 4.79. The molecule has 0 radical (unpaired) electrons. The molecule has 29 heavy (non-hydrogen) atoms. The zero-order chi connectivity index (χ0) is 20.5. The van der Waals surface area contributed by atoms with Crippen LogP contribution in [0, 0.1) is 0 Å². The summed E-state index contributed by atoms with van der Waals surface area (Å²) in [5.41, 5.74) is 2.09. The van der Waals surface area contributed by atoms with Crippen molar-refractivity contribution in [2.75, 3.05) is 38.3 Å². The second-order valence-electron chi connectivity index (χ2n) is 6.92. The van der Waals surface area contributed by atoms with E-state index in [4.69, 9.17) is 14.2 Å². The molecule has 1 aromatic carbocycles. The number of methoxy groups -OCH3 is 1. The largest absolute Gasteiger partial charge is 0.497 e. The van der Waals surface area contributed by atoms with Crippen molar-refractivity contribution in [2.45, 2.75) is 25.7 Å². The second kappa shape index (κ2) is 10.5. The summed E-state index contributed by atoms with van der Waals surface area (Å²) in [6.07, 6.45) is 11.0. The minimum atomic E-state index is 0.520. The van der Waals surface area contributed by atoms with Crippen molar-refractivity contribution in [3.05, 3.63) is 55.6 Å². The van der Waals surface area contributed by atoms with Gasteiger partial charge in [-0.15, -0.1) is 6.58 Å². The number of rotatable bonds is 10. The van der Waals surface area contributed by atoms with Crippen molar-refractivity contribution in [1.29, 1.82) is 0 Å². The van der Waals surface area contributed by atoms with Gasteiger partial charge in [0.15, 0.2) is 11.5 Å². The minimum Gasteiger partial charge on any atom is -0.497 e. The average molecular weight is 396 g/mol. The van der Waals surface area contributed by atoms with Crippen LogP contribution in [0.1, 0.15) is 25.7 Å². The van der Waals surface area contributed by atoms with Crippen molar-refractivity contribution in [3.8, 4) is 11.5 Å². The highest BCUT2D eigenvalue weighted by atomic mass is 16.5. The van der Waals surface area contributed by atoms with Crippen LogP contribution >= 0.6 is 0 Å². The molecule has 3 rings (SSSR count). The summed E-state index contributed by atoms with van der Waals surface area (Å²) in [5.74, 6) is 2.29. The maximum atomic E-state index is 5.98. The van der Waals surface area contributed by atoms with E-state index in [2.05, 4.69) is 28.0 Å². The number of hydrogen-bond donors (Lipinski definition) is 0. The summed E-state index contributed by atoms with van der Waals surface area (Å²) in [6, 6.07) is 3.90. The van der Waals surface area contributed by atoms with Crippen molar-refractivity contribution >= 4 is 16.7 Å². The summed E-state index contributed by atoms with van der Waals surface area (Å²) in [7, 11) is 1.64. The summed E-state index contributed by atoms with van der Waals surface area (Å²) in [6.45, 7) is 10.3. The average Bonchev–Trinajstić information content (AvgIpc) is 2.76. The van der Waals surface area contributed by atoms with E-state index in [0.717, 1.165) is 55.5 Å². The smallest absolute Gasteiger partial charge is 0.162 e. The van der Waals surface area contributed by atoms with E-state index in [1.165, 1.54) is 5.57 Å². The predicted molar refractivity (Wildman–Crippen MR) is 117 cm³/mol. The minimum absolute atomic E-state index is 0.520. The highest BCUT2D eigenvalue weighted by molar-refractivity contribution is 5.92. The lowest BCUT2D eigenvalue weighted by Crippen LogP contribution is -2.32. The van der Waals surface area contributed by atoms with Crippen LogP contribution in [0.4, 0.5) is 5.82 Å². The number of nitrogens with zero attached hydrogens (tertiary/aromatic N) is 3. The fraction of sp³-hybridized carbons (Fsp3) is 0.391. The SMILES string of the molecule is C=CCCCOc1cc2c(N3CCCC(=COCC=C)C3)ncnc2cc1OC. The van der Waals surface area contributed by atoms with Crippen LogP contribution in [0.15, 0.2) is 55.6 Å². The molecule has 2 heterocycles. The first kappa shape index (κ1) is 20.7. The number of allylic oxidation sites excluding steroid dienone is 1. The quantitative estimate of drug-likeness (QED) is 0.331. The lowest BCUT2D eigenvalue weighted by Gasteiger charge is -2.30. The molecule has 1 aliphatic heterocycles. The Balaban J connectivity index is 1.88. The van der Waals surface area contributed by atoms with Gasteiger partial charge in [-0.25, -0.2) is 9.97 Å². The molecule has 0 spiro atoms. The summed E-state index contributed by atoms with van der Waals surface area (Å²) in [5, 5.41) is 0.959. The van der Waals surface area contributed by atoms with Crippen LogP contribution in [-0.4, -0.2) is 43.4 Å². The molecule has 0 saturated carbocycles. The van der Waals surface area contributed by atoms with E-state index in [1.54, 1.807) is 19.5 Å². The van der Waals surface area contributed by atoms with Crippen LogP contribution in [0.5, 0.6) is 11.5 Å². The lowest BCUT2D eigenvalue weighted by molar-refractivity contribution is 0.284. The molecule has 0 unspecified atom stereocenters. The van der Waals surface area contributed by atoms with Crippen molar-refractivity contribution in [1.82, 2.24) is 9.97 Å². The highest BCUT2D eigenvalue weighted by Gasteiger charge is 2.20. The molecule has 0 amide bonds. The molecule has 1 aromatic heterocycles. The molecule has 1 saturated heterocycles. The molecule has 0 bridgehead atoms. The highest BCUT2D eigenvalue weighted by Crippen LogP contribution is 2.36. The van der Waals surface area contributed by atoms with E-state index < -0.39 is 0 Å². The zero-order valence-corrected chi connectivity index (χ0v) is 17.1. The van der Waals surface area contributed by atoms with E-state index in [9.17, 15) is 0 Å². The molecule has 154 valence electrons. The summed E-state index contributed by atoms with van der Waals surface area (Å²) in [4.78, 5) is 11.3. The van der Waals surface area contributed by atoms with Crippen molar-refractivity contribution < 1.29 is 14.2 Å². The van der Waals surface area contributed by atoms with E-state index in [1.807, 2.05) is 24.5 Å². The first-order chi connectivity index (χ1) is 14.3. The van der Waals surface area contributed by atoms with Gasteiger partial charge in [-0.05, 0) is 37.3 Å². The monoisotopic (exact) mass is 395 g/mol. The maximum Gasteiger partial charge on any atom is 0.162 e. The fourth-order valence-electron chi connectivity index (χ4n) is 3.40. The van der Waals surface area contributed by atoms with Gasteiger partial charge in [0.1, 0.15) is 18.8 Å². The zero-order valence-electron chi connectivity index (χ0n) is 17.1. The van der Waals surface area contributed by atoms with Crippen LogP contribution in [0.25, 0.3) is 10.9 Å². The molecule has 6 nitrogen and oxygen atoms in total. The van der Waals surface area contributed by atoms with Gasteiger partial charge < -0.3 is 19.1 Å². The van der Waals surface area contributed by atoms with E-state index in [-0.39, 0.29) is 0 Å². The third kappa shape index (κ3) is 5.28. The molecule has 2 aromatic rings. The molecule has 0 atom stereocenters. The first-order valence-corrected chi connectivity index (χ1v) is 9.98. The van der Waals surface area contributed by atoms with Crippen molar-refractivity contribution in [3.63, 3.8) is 0 Å². The number of unbranched alkanes of at least 4 members (excludes halogenated alkanes) is 1. The molecule has 1 fully saturated rings. The summed E-state index contributed by atoms with van der Waals surface area (Å²) < 4.78 is 17.0. The first-order valence-electron chi connectivity index (χ1n) is 9.98. The maximum absolute atomic E-state index is 5.98. The molecule has 1 aliphatic rings. The standard InChI is InChI=1S/C23H29N3O3/c1-4-6-7-12-29-22-13-19-20(14-21(22)27-3)24-17-25-23(19)26-10-8-9-18(15-26)16-28-11-5-2/h4-5,13-14,16-17H,1-2,6-12,15H2,3H3. The molecular weight excluding hydrogens is 366 g/mol. The van der Waals surface area contributed by atoms with E-state index >= 15 is 0 Å². The fourth-order valence-corrected chi connectivity index (χ4v) is 3.40. The number of benzene rings is 1. The Hall–Kier alpha value is -3.02. The van der Waals surface area contributed by atoms with Gasteiger partial charge in [0.2, 0.25) is 0 Å². The Labute approximate surface area is 172 Å². The number of aromatic nitrogens is 2. The number of anilines is 1. The molecule has 0 aliphatic carbocycles.